The first-order valence-electron chi connectivity index (χ1n) is 10.8. The molecule has 4 rings (SSSR count). The molecule has 2 aliphatic rings. The zero-order valence-electron chi connectivity index (χ0n) is 18.7. The van der Waals surface area contributed by atoms with E-state index in [4.69, 9.17) is 14.2 Å². The van der Waals surface area contributed by atoms with E-state index in [0.29, 0.717) is 35.2 Å². The van der Waals surface area contributed by atoms with E-state index in [1.807, 2.05) is 12.1 Å². The molecule has 0 spiro atoms. The summed E-state index contributed by atoms with van der Waals surface area (Å²) in [5.74, 6) is 1.12. The number of para-hydroxylation sites is 2. The summed E-state index contributed by atoms with van der Waals surface area (Å²) < 4.78 is 16.3. The smallest absolute Gasteiger partial charge is 0.264 e. The fourth-order valence-electron chi connectivity index (χ4n) is 3.65. The van der Waals surface area contributed by atoms with Gasteiger partial charge in [0, 0.05) is 31.7 Å². The van der Waals surface area contributed by atoms with Gasteiger partial charge in [0.25, 0.3) is 11.8 Å². The molecule has 0 bridgehead atoms. The van der Waals surface area contributed by atoms with Gasteiger partial charge >= 0.3 is 0 Å². The van der Waals surface area contributed by atoms with Crippen LogP contribution < -0.4 is 24.4 Å². The Kier molecular flexibility index (Phi) is 6.67. The van der Waals surface area contributed by atoms with Gasteiger partial charge in [-0.05, 0) is 43.2 Å². The van der Waals surface area contributed by atoms with Crippen LogP contribution in [0.5, 0.6) is 17.2 Å². The van der Waals surface area contributed by atoms with Crippen molar-refractivity contribution in [2.24, 2.45) is 0 Å². The number of carbonyl (C=O) groups excluding carboxylic acids is 3. The molecule has 1 fully saturated rings. The molecule has 1 N–H and O–H groups in total. The lowest BCUT2D eigenvalue weighted by atomic mass is 10.2. The average Bonchev–Trinajstić information content (AvgIpc) is 3.66. The number of hydrogen-bond acceptors (Lipinski definition) is 6. The van der Waals surface area contributed by atoms with Crippen molar-refractivity contribution >= 4 is 29.1 Å². The Morgan fingerprint density at radius 3 is 2.67 bits per heavy atom. The van der Waals surface area contributed by atoms with Crippen LogP contribution in [-0.4, -0.2) is 62.6 Å². The molecule has 3 amide bonds. The van der Waals surface area contributed by atoms with Crippen molar-refractivity contribution < 1.29 is 28.6 Å². The Hall–Kier alpha value is -3.75. The quantitative estimate of drug-likeness (QED) is 0.627. The Labute approximate surface area is 192 Å². The van der Waals surface area contributed by atoms with Crippen molar-refractivity contribution in [3.63, 3.8) is 0 Å². The normalized spacial score (nSPS) is 14.7. The number of nitrogens with one attached hydrogen (secondary N) is 1. The molecule has 2 aromatic carbocycles. The van der Waals surface area contributed by atoms with E-state index in [2.05, 4.69) is 5.32 Å². The van der Waals surface area contributed by atoms with Gasteiger partial charge in [0.05, 0.1) is 12.8 Å². The van der Waals surface area contributed by atoms with Gasteiger partial charge in [-0.2, -0.15) is 0 Å². The van der Waals surface area contributed by atoms with Crippen molar-refractivity contribution in [1.82, 2.24) is 4.90 Å². The molecule has 9 nitrogen and oxygen atoms in total. The largest absolute Gasteiger partial charge is 0.493 e. The van der Waals surface area contributed by atoms with Crippen LogP contribution in [0, 0.1) is 0 Å². The Bertz CT molecular complexity index is 1050. The van der Waals surface area contributed by atoms with Crippen molar-refractivity contribution in [2.45, 2.75) is 25.3 Å². The van der Waals surface area contributed by atoms with Crippen LogP contribution in [0.1, 0.15) is 19.3 Å². The molecular weight excluding hydrogens is 426 g/mol. The molecule has 0 aromatic heterocycles. The van der Waals surface area contributed by atoms with Crippen LogP contribution in [0.25, 0.3) is 0 Å². The minimum absolute atomic E-state index is 0.000996. The number of amides is 3. The van der Waals surface area contributed by atoms with Gasteiger partial charge in [0.2, 0.25) is 5.91 Å². The number of benzene rings is 2. The highest BCUT2D eigenvalue weighted by molar-refractivity contribution is 5.99. The minimum Gasteiger partial charge on any atom is -0.493 e. The van der Waals surface area contributed by atoms with Crippen molar-refractivity contribution in [2.75, 3.05) is 44.1 Å². The fraction of sp³-hybridized carbons (Fsp3) is 0.375. The Balaban J connectivity index is 1.31. The first kappa shape index (κ1) is 22.4. The molecule has 0 atom stereocenters. The number of hydrogen-bond donors (Lipinski definition) is 1. The van der Waals surface area contributed by atoms with E-state index < -0.39 is 0 Å². The predicted molar refractivity (Wildman–Crippen MR) is 122 cm³/mol. The second kappa shape index (κ2) is 9.81. The number of anilines is 2. The summed E-state index contributed by atoms with van der Waals surface area (Å²) in [6.45, 7) is 0.182. The van der Waals surface area contributed by atoms with Crippen LogP contribution in [0.3, 0.4) is 0 Å². The molecule has 1 aliphatic carbocycles. The lowest BCUT2D eigenvalue weighted by Gasteiger charge is -2.26. The first-order chi connectivity index (χ1) is 16.0. The van der Waals surface area contributed by atoms with E-state index >= 15 is 0 Å². The highest BCUT2D eigenvalue weighted by Gasteiger charge is 2.33. The Morgan fingerprint density at radius 2 is 1.94 bits per heavy atom. The van der Waals surface area contributed by atoms with E-state index in [9.17, 15) is 14.4 Å². The molecule has 0 unspecified atom stereocenters. The SMILES string of the molecule is COc1ccccc1OCC(=O)N(CCC(=O)Nc1ccc2c(c1)N(C)C(=O)CO2)C1CC1. The third-order valence-corrected chi connectivity index (χ3v) is 5.64. The van der Waals surface area contributed by atoms with Gasteiger partial charge in [0.1, 0.15) is 5.75 Å². The van der Waals surface area contributed by atoms with Gasteiger partial charge in [-0.1, -0.05) is 12.1 Å². The van der Waals surface area contributed by atoms with Crippen molar-refractivity contribution in [3.05, 3.63) is 42.5 Å². The molecule has 0 radical (unpaired) electrons. The van der Waals surface area contributed by atoms with Gasteiger partial charge in [-0.15, -0.1) is 0 Å². The summed E-state index contributed by atoms with van der Waals surface area (Å²) >= 11 is 0. The first-order valence-corrected chi connectivity index (χ1v) is 10.8. The summed E-state index contributed by atoms with van der Waals surface area (Å²) in [5.41, 5.74) is 1.17. The van der Waals surface area contributed by atoms with Gasteiger partial charge < -0.3 is 29.3 Å². The van der Waals surface area contributed by atoms with Gasteiger partial charge in [-0.25, -0.2) is 0 Å². The summed E-state index contributed by atoms with van der Waals surface area (Å²) in [5, 5.41) is 2.84. The second-order valence-corrected chi connectivity index (χ2v) is 7.98. The predicted octanol–water partition coefficient (Wildman–Crippen LogP) is 2.45. The van der Waals surface area contributed by atoms with E-state index in [1.54, 1.807) is 49.4 Å². The third kappa shape index (κ3) is 5.36. The summed E-state index contributed by atoms with van der Waals surface area (Å²) in [6.07, 6.45) is 2.00. The molecule has 1 aliphatic heterocycles. The molecule has 33 heavy (non-hydrogen) atoms. The zero-order chi connectivity index (χ0) is 23.4. The number of methoxy groups -OCH3 is 1. The number of rotatable bonds is 9. The van der Waals surface area contributed by atoms with E-state index in [0.717, 1.165) is 12.8 Å². The number of nitrogens with zero attached hydrogens (tertiary/aromatic N) is 2. The number of ether oxygens (including phenoxy) is 3. The highest BCUT2D eigenvalue weighted by atomic mass is 16.5. The maximum atomic E-state index is 12.8. The van der Waals surface area contributed by atoms with E-state index in [-0.39, 0.29) is 43.4 Å². The Morgan fingerprint density at radius 1 is 1.18 bits per heavy atom. The summed E-state index contributed by atoms with van der Waals surface area (Å²) in [4.78, 5) is 40.4. The topological polar surface area (TPSA) is 97.4 Å². The standard InChI is InChI=1S/C24H27N3O6/c1-26-18-13-16(7-10-19(18)32-14-23(26)29)25-22(28)11-12-27(17-8-9-17)24(30)15-33-21-6-4-3-5-20(21)31-2/h3-7,10,13,17H,8-9,11-12,14-15H2,1-2H3,(H,25,28). The van der Waals surface area contributed by atoms with Crippen LogP contribution in [0.15, 0.2) is 42.5 Å². The van der Waals surface area contributed by atoms with Gasteiger partial charge in [0.15, 0.2) is 24.7 Å². The van der Waals surface area contributed by atoms with Crippen molar-refractivity contribution in [3.8, 4) is 17.2 Å². The average molecular weight is 453 g/mol. The van der Waals surface area contributed by atoms with E-state index in [1.165, 1.54) is 4.90 Å². The monoisotopic (exact) mass is 453 g/mol. The maximum absolute atomic E-state index is 12.8. The molecular formula is C24H27N3O6. The van der Waals surface area contributed by atoms with Gasteiger partial charge in [-0.3, -0.25) is 14.4 Å². The molecule has 1 saturated carbocycles. The van der Waals surface area contributed by atoms with Crippen LogP contribution in [0.2, 0.25) is 0 Å². The zero-order valence-corrected chi connectivity index (χ0v) is 18.7. The fourth-order valence-corrected chi connectivity index (χ4v) is 3.65. The third-order valence-electron chi connectivity index (χ3n) is 5.64. The molecule has 9 heteroatoms. The highest BCUT2D eigenvalue weighted by Crippen LogP contribution is 2.34. The number of carbonyl (C=O) groups is 3. The van der Waals surface area contributed by atoms with Crippen molar-refractivity contribution in [1.29, 1.82) is 0 Å². The minimum atomic E-state index is -0.218. The maximum Gasteiger partial charge on any atom is 0.264 e. The number of fused-ring (bicyclic) bond motifs is 1. The second-order valence-electron chi connectivity index (χ2n) is 7.98. The molecule has 174 valence electrons. The number of likely N-dealkylation sites (N-methyl/N-ethyl adjacent to an activating group) is 1. The lowest BCUT2D eigenvalue weighted by Crippen LogP contribution is -2.38. The molecule has 1 heterocycles. The molecule has 2 aromatic rings. The lowest BCUT2D eigenvalue weighted by molar-refractivity contribution is -0.134. The van der Waals surface area contributed by atoms with Crippen LogP contribution >= 0.6 is 0 Å². The molecule has 0 saturated heterocycles. The summed E-state index contributed by atoms with van der Waals surface area (Å²) in [7, 11) is 3.21. The van der Waals surface area contributed by atoms with Crippen LogP contribution in [0.4, 0.5) is 11.4 Å². The van der Waals surface area contributed by atoms with Crippen LogP contribution in [-0.2, 0) is 14.4 Å². The summed E-state index contributed by atoms with van der Waals surface area (Å²) in [6, 6.07) is 12.5.